The van der Waals surface area contributed by atoms with Crippen LogP contribution in [-0.4, -0.2) is 36.0 Å². The maximum Gasteiger partial charge on any atom is 0.234 e. The van der Waals surface area contributed by atoms with Gasteiger partial charge in [0.1, 0.15) is 0 Å². The summed E-state index contributed by atoms with van der Waals surface area (Å²) in [5, 5.41) is 6.43. The van der Waals surface area contributed by atoms with Crippen molar-refractivity contribution in [1.29, 1.82) is 0 Å². The third kappa shape index (κ3) is 4.81. The second-order valence-corrected chi connectivity index (χ2v) is 6.52. The molecule has 1 amide bonds. The Morgan fingerprint density at radius 2 is 1.89 bits per heavy atom. The first-order chi connectivity index (χ1) is 8.65. The lowest BCUT2D eigenvalue weighted by Gasteiger charge is -2.29. The Bertz CT molecular complexity index is 240. The van der Waals surface area contributed by atoms with Crippen LogP contribution >= 0.6 is 11.8 Å². The van der Waals surface area contributed by atoms with E-state index in [-0.39, 0.29) is 10.7 Å². The van der Waals surface area contributed by atoms with Gasteiger partial charge in [-0.25, -0.2) is 0 Å². The van der Waals surface area contributed by atoms with Gasteiger partial charge in [-0.1, -0.05) is 26.7 Å². The van der Waals surface area contributed by atoms with Crippen LogP contribution in [0, 0.1) is 0 Å². The van der Waals surface area contributed by atoms with Gasteiger partial charge >= 0.3 is 0 Å². The van der Waals surface area contributed by atoms with Crippen molar-refractivity contribution in [2.24, 2.45) is 0 Å². The standard InChI is InChI=1S/C14H28N2OS/c1-4-14(5-2,18-3)11-15-10-13(17)16-12-8-6-7-9-12/h12,15H,4-11H2,1-3H3,(H,16,17). The van der Waals surface area contributed by atoms with Crippen LogP contribution in [-0.2, 0) is 4.79 Å². The highest BCUT2D eigenvalue weighted by atomic mass is 32.2. The molecule has 0 unspecified atom stereocenters. The van der Waals surface area contributed by atoms with Gasteiger partial charge in [-0.2, -0.15) is 11.8 Å². The fourth-order valence-electron chi connectivity index (χ4n) is 2.61. The number of hydrogen-bond acceptors (Lipinski definition) is 3. The lowest BCUT2D eigenvalue weighted by molar-refractivity contribution is -0.120. The van der Waals surface area contributed by atoms with Gasteiger partial charge in [0.15, 0.2) is 0 Å². The number of amides is 1. The maximum atomic E-state index is 11.8. The summed E-state index contributed by atoms with van der Waals surface area (Å²) < 4.78 is 0.285. The fraction of sp³-hybridized carbons (Fsp3) is 0.929. The predicted octanol–water partition coefficient (Wildman–Crippen LogP) is 2.56. The molecule has 0 heterocycles. The Balaban J connectivity index is 2.21. The van der Waals surface area contributed by atoms with Gasteiger partial charge in [0.05, 0.1) is 6.54 Å². The first-order valence-electron chi connectivity index (χ1n) is 7.21. The monoisotopic (exact) mass is 272 g/mol. The molecule has 0 aliphatic heterocycles. The van der Waals surface area contributed by atoms with Crippen molar-refractivity contribution in [3.63, 3.8) is 0 Å². The molecule has 106 valence electrons. The molecule has 1 fully saturated rings. The SMILES string of the molecule is CCC(CC)(CNCC(=O)NC1CCCC1)SC. The number of thioether (sulfide) groups is 1. The summed E-state index contributed by atoms with van der Waals surface area (Å²) in [5.74, 6) is 0.157. The van der Waals surface area contributed by atoms with Crippen molar-refractivity contribution in [3.05, 3.63) is 0 Å². The summed E-state index contributed by atoms with van der Waals surface area (Å²) in [7, 11) is 0. The summed E-state index contributed by atoms with van der Waals surface area (Å²) in [6.07, 6.45) is 9.28. The minimum Gasteiger partial charge on any atom is -0.352 e. The van der Waals surface area contributed by atoms with Crippen LogP contribution in [0.5, 0.6) is 0 Å². The summed E-state index contributed by atoms with van der Waals surface area (Å²) in [6.45, 7) is 5.82. The van der Waals surface area contributed by atoms with Crippen molar-refractivity contribution < 1.29 is 4.79 Å². The number of hydrogen-bond donors (Lipinski definition) is 2. The predicted molar refractivity (Wildman–Crippen MR) is 80.1 cm³/mol. The van der Waals surface area contributed by atoms with E-state index in [2.05, 4.69) is 30.7 Å². The summed E-state index contributed by atoms with van der Waals surface area (Å²) in [6, 6.07) is 0.432. The Hall–Kier alpha value is -0.220. The molecule has 0 atom stereocenters. The molecule has 0 aromatic heterocycles. The van der Waals surface area contributed by atoms with Crippen LogP contribution in [0.3, 0.4) is 0 Å². The van der Waals surface area contributed by atoms with E-state index in [9.17, 15) is 4.79 Å². The van der Waals surface area contributed by atoms with Crippen LogP contribution in [0.1, 0.15) is 52.4 Å². The van der Waals surface area contributed by atoms with E-state index in [1.165, 1.54) is 12.8 Å². The second-order valence-electron chi connectivity index (χ2n) is 5.25. The fourth-order valence-corrected chi connectivity index (χ4v) is 3.44. The Kier molecular flexibility index (Phi) is 7.08. The molecule has 4 heteroatoms. The summed E-state index contributed by atoms with van der Waals surface area (Å²) in [4.78, 5) is 11.8. The van der Waals surface area contributed by atoms with E-state index < -0.39 is 0 Å². The van der Waals surface area contributed by atoms with Crippen LogP contribution < -0.4 is 10.6 Å². The molecule has 0 saturated heterocycles. The minimum atomic E-state index is 0.157. The van der Waals surface area contributed by atoms with Crippen LogP contribution in [0.4, 0.5) is 0 Å². The molecule has 1 saturated carbocycles. The van der Waals surface area contributed by atoms with E-state index in [1.807, 2.05) is 11.8 Å². The van der Waals surface area contributed by atoms with E-state index in [4.69, 9.17) is 0 Å². The number of carbonyl (C=O) groups is 1. The molecule has 1 aliphatic rings. The molecular formula is C14H28N2OS. The Labute approximate surface area is 116 Å². The topological polar surface area (TPSA) is 41.1 Å². The zero-order valence-corrected chi connectivity index (χ0v) is 12.9. The van der Waals surface area contributed by atoms with Gasteiger partial charge < -0.3 is 10.6 Å². The Morgan fingerprint density at radius 1 is 1.28 bits per heavy atom. The van der Waals surface area contributed by atoms with Crippen LogP contribution in [0.25, 0.3) is 0 Å². The number of carbonyl (C=O) groups excluding carboxylic acids is 1. The highest BCUT2D eigenvalue weighted by Gasteiger charge is 2.24. The minimum absolute atomic E-state index is 0.157. The number of rotatable bonds is 8. The average Bonchev–Trinajstić information content (AvgIpc) is 2.88. The first-order valence-corrected chi connectivity index (χ1v) is 8.43. The molecule has 1 aliphatic carbocycles. The van der Waals surface area contributed by atoms with E-state index >= 15 is 0 Å². The lowest BCUT2D eigenvalue weighted by atomic mass is 10.0. The molecular weight excluding hydrogens is 244 g/mol. The lowest BCUT2D eigenvalue weighted by Crippen LogP contribution is -2.43. The zero-order valence-electron chi connectivity index (χ0n) is 12.1. The molecule has 0 radical (unpaired) electrons. The van der Waals surface area contributed by atoms with Crippen molar-refractivity contribution in [3.8, 4) is 0 Å². The molecule has 0 spiro atoms. The molecule has 0 bridgehead atoms. The quantitative estimate of drug-likeness (QED) is 0.713. The van der Waals surface area contributed by atoms with Crippen molar-refractivity contribution in [2.45, 2.75) is 63.2 Å². The third-order valence-corrected chi connectivity index (χ3v) is 5.76. The normalized spacial score (nSPS) is 17.1. The van der Waals surface area contributed by atoms with Crippen molar-refractivity contribution in [2.75, 3.05) is 19.3 Å². The third-order valence-electron chi connectivity index (χ3n) is 4.17. The van der Waals surface area contributed by atoms with Crippen LogP contribution in [0.15, 0.2) is 0 Å². The zero-order chi connectivity index (χ0) is 13.4. The first kappa shape index (κ1) is 15.8. The Morgan fingerprint density at radius 3 is 2.39 bits per heavy atom. The van der Waals surface area contributed by atoms with Crippen molar-refractivity contribution >= 4 is 17.7 Å². The summed E-state index contributed by atoms with van der Waals surface area (Å²) >= 11 is 1.91. The maximum absolute atomic E-state index is 11.8. The van der Waals surface area contributed by atoms with Gasteiger partial charge in [0, 0.05) is 17.3 Å². The highest BCUT2D eigenvalue weighted by Crippen LogP contribution is 2.29. The van der Waals surface area contributed by atoms with Gasteiger partial charge in [-0.15, -0.1) is 0 Å². The molecule has 0 aromatic carbocycles. The van der Waals surface area contributed by atoms with Gasteiger partial charge in [-0.3, -0.25) is 4.79 Å². The van der Waals surface area contributed by atoms with E-state index in [1.54, 1.807) is 0 Å². The smallest absolute Gasteiger partial charge is 0.234 e. The molecule has 2 N–H and O–H groups in total. The van der Waals surface area contributed by atoms with Gasteiger partial charge in [0.2, 0.25) is 5.91 Å². The van der Waals surface area contributed by atoms with Gasteiger partial charge in [-0.05, 0) is 31.9 Å². The molecule has 3 nitrogen and oxygen atoms in total. The summed E-state index contributed by atoms with van der Waals surface area (Å²) in [5.41, 5.74) is 0. The van der Waals surface area contributed by atoms with E-state index in [0.717, 1.165) is 32.2 Å². The average molecular weight is 272 g/mol. The molecule has 18 heavy (non-hydrogen) atoms. The highest BCUT2D eigenvalue weighted by molar-refractivity contribution is 8.00. The second kappa shape index (κ2) is 8.05. The molecule has 0 aromatic rings. The largest absolute Gasteiger partial charge is 0.352 e. The van der Waals surface area contributed by atoms with Gasteiger partial charge in [0.25, 0.3) is 0 Å². The van der Waals surface area contributed by atoms with E-state index in [0.29, 0.717) is 12.6 Å². The number of nitrogens with one attached hydrogen (secondary N) is 2. The van der Waals surface area contributed by atoms with Crippen LogP contribution in [0.2, 0.25) is 0 Å². The molecule has 1 rings (SSSR count). The van der Waals surface area contributed by atoms with Crippen molar-refractivity contribution in [1.82, 2.24) is 10.6 Å².